The summed E-state index contributed by atoms with van der Waals surface area (Å²) in [5.74, 6) is 0. The molecule has 0 radical (unpaired) electrons. The van der Waals surface area contributed by atoms with E-state index >= 15 is 0 Å². The van der Waals surface area contributed by atoms with Crippen LogP contribution in [0.15, 0.2) is 154 Å². The van der Waals surface area contributed by atoms with Crippen molar-refractivity contribution in [3.8, 4) is 11.4 Å². The lowest BCUT2D eigenvalue weighted by molar-refractivity contribution is 0.666. The summed E-state index contributed by atoms with van der Waals surface area (Å²) < 4.78 is 17.9. The van der Waals surface area contributed by atoms with Gasteiger partial charge in [0.1, 0.15) is 16.7 Å². The molecule has 0 aliphatic rings. The van der Waals surface area contributed by atoms with Crippen LogP contribution in [0, 0.1) is 0 Å². The van der Waals surface area contributed by atoms with Gasteiger partial charge in [0.15, 0.2) is 5.58 Å². The van der Waals surface area contributed by atoms with E-state index in [0.29, 0.717) is 0 Å². The standard InChI is InChI=1S/C42H24N2O2/c1-2-11-25(12-3-1)43-34-17-7-4-14-27(34)31-23-40-33(22-37(31)43)29-16-10-19-36(42(29)46-40)44-35-18-8-5-13-26(35)30-21-32-28-15-6-9-20-39(28)45-41(32)24-38(30)44/h1-24H. The minimum absolute atomic E-state index is 0.869. The van der Waals surface area contributed by atoms with Crippen molar-refractivity contribution < 1.29 is 8.83 Å². The summed E-state index contributed by atoms with van der Waals surface area (Å²) in [6, 6.07) is 51.6. The first kappa shape index (κ1) is 24.1. The van der Waals surface area contributed by atoms with Gasteiger partial charge in [0.25, 0.3) is 0 Å². The molecule has 4 heterocycles. The van der Waals surface area contributed by atoms with Crippen molar-refractivity contribution in [2.24, 2.45) is 0 Å². The molecule has 46 heavy (non-hydrogen) atoms. The number of rotatable bonds is 2. The maximum atomic E-state index is 6.86. The zero-order valence-corrected chi connectivity index (χ0v) is 24.6. The number of benzene rings is 7. The molecule has 4 aromatic heterocycles. The number of fused-ring (bicyclic) bond motifs is 12. The van der Waals surface area contributed by atoms with E-state index in [2.05, 4.69) is 143 Å². The van der Waals surface area contributed by atoms with Gasteiger partial charge in [0.2, 0.25) is 0 Å². The Morgan fingerprint density at radius 3 is 1.76 bits per heavy atom. The average molecular weight is 589 g/mol. The summed E-state index contributed by atoms with van der Waals surface area (Å²) in [6.45, 7) is 0. The molecule has 214 valence electrons. The van der Waals surface area contributed by atoms with Crippen molar-refractivity contribution in [1.29, 1.82) is 0 Å². The Kier molecular flexibility index (Phi) is 4.55. The zero-order valence-electron chi connectivity index (χ0n) is 24.6. The highest BCUT2D eigenvalue weighted by atomic mass is 16.3. The van der Waals surface area contributed by atoms with Crippen LogP contribution >= 0.6 is 0 Å². The average Bonchev–Trinajstić information content (AvgIpc) is 3.84. The molecule has 4 nitrogen and oxygen atoms in total. The Bertz CT molecular complexity index is 3020. The topological polar surface area (TPSA) is 36.1 Å². The van der Waals surface area contributed by atoms with Crippen molar-refractivity contribution in [3.63, 3.8) is 0 Å². The maximum absolute atomic E-state index is 6.86. The minimum atomic E-state index is 0.869. The normalized spacial score (nSPS) is 12.3. The summed E-state index contributed by atoms with van der Waals surface area (Å²) in [5.41, 5.74) is 10.3. The Morgan fingerprint density at radius 1 is 0.326 bits per heavy atom. The molecule has 0 fully saturated rings. The summed E-state index contributed by atoms with van der Waals surface area (Å²) >= 11 is 0. The summed E-state index contributed by atoms with van der Waals surface area (Å²) in [6.07, 6.45) is 0. The molecule has 11 aromatic rings. The SMILES string of the molecule is c1ccc(-n2c3ccccc3c3cc4oc5c(-n6c7ccccc7c7cc8c(cc76)oc6ccccc68)cccc5c4cc32)cc1. The Morgan fingerprint density at radius 2 is 0.935 bits per heavy atom. The second-order valence-corrected chi connectivity index (χ2v) is 12.1. The van der Waals surface area contributed by atoms with Crippen LogP contribution in [0.3, 0.4) is 0 Å². The van der Waals surface area contributed by atoms with E-state index < -0.39 is 0 Å². The number of nitrogens with zero attached hydrogens (tertiary/aromatic N) is 2. The summed E-state index contributed by atoms with van der Waals surface area (Å²) in [7, 11) is 0. The van der Waals surface area contributed by atoms with Gasteiger partial charge in [-0.3, -0.25) is 0 Å². The number of furan rings is 2. The highest BCUT2D eigenvalue weighted by Crippen LogP contribution is 2.43. The van der Waals surface area contributed by atoms with Gasteiger partial charge in [-0.1, -0.05) is 84.9 Å². The largest absolute Gasteiger partial charge is 0.456 e. The monoisotopic (exact) mass is 588 g/mol. The molecule has 0 saturated heterocycles. The van der Waals surface area contributed by atoms with E-state index in [4.69, 9.17) is 8.83 Å². The quantitative estimate of drug-likeness (QED) is 0.201. The van der Waals surface area contributed by atoms with Crippen LogP contribution in [0.2, 0.25) is 0 Å². The third kappa shape index (κ3) is 3.07. The van der Waals surface area contributed by atoms with E-state index in [1.54, 1.807) is 0 Å². The fourth-order valence-electron chi connectivity index (χ4n) is 7.72. The molecule has 0 bridgehead atoms. The molecule has 0 N–H and O–H groups in total. The lowest BCUT2D eigenvalue weighted by atomic mass is 10.1. The molecule has 0 spiro atoms. The number of aromatic nitrogens is 2. The number of hydrogen-bond acceptors (Lipinski definition) is 2. The van der Waals surface area contributed by atoms with E-state index in [1.165, 1.54) is 27.1 Å². The first-order valence-electron chi connectivity index (χ1n) is 15.6. The smallest absolute Gasteiger partial charge is 0.159 e. The molecule has 4 heteroatoms. The fraction of sp³-hybridized carbons (Fsp3) is 0. The van der Waals surface area contributed by atoms with Gasteiger partial charge in [-0.25, -0.2) is 0 Å². The molecule has 0 amide bonds. The second kappa shape index (κ2) is 8.68. The molecular weight excluding hydrogens is 564 g/mol. The molecule has 0 saturated carbocycles. The van der Waals surface area contributed by atoms with Gasteiger partial charge < -0.3 is 18.0 Å². The van der Waals surface area contributed by atoms with Crippen molar-refractivity contribution in [2.45, 2.75) is 0 Å². The molecule has 0 atom stereocenters. The van der Waals surface area contributed by atoms with E-state index in [-0.39, 0.29) is 0 Å². The van der Waals surface area contributed by atoms with Crippen LogP contribution in [-0.2, 0) is 0 Å². The Labute approximate surface area is 261 Å². The number of para-hydroxylation sites is 5. The van der Waals surface area contributed by atoms with E-state index in [1.807, 2.05) is 12.1 Å². The van der Waals surface area contributed by atoms with E-state index in [9.17, 15) is 0 Å². The van der Waals surface area contributed by atoms with Gasteiger partial charge in [-0.05, 0) is 54.6 Å². The van der Waals surface area contributed by atoms with Crippen molar-refractivity contribution in [3.05, 3.63) is 146 Å². The van der Waals surface area contributed by atoms with Crippen LogP contribution in [0.4, 0.5) is 0 Å². The second-order valence-electron chi connectivity index (χ2n) is 12.1. The molecular formula is C42H24N2O2. The zero-order chi connectivity index (χ0) is 29.9. The number of hydrogen-bond donors (Lipinski definition) is 0. The van der Waals surface area contributed by atoms with Crippen LogP contribution in [0.5, 0.6) is 0 Å². The molecule has 7 aromatic carbocycles. The van der Waals surface area contributed by atoms with Crippen LogP contribution in [0.25, 0.3) is 98.9 Å². The lowest BCUT2D eigenvalue weighted by Gasteiger charge is -2.08. The predicted octanol–water partition coefficient (Wildman–Crippen LogP) is 11.7. The molecule has 0 aliphatic carbocycles. The first-order valence-corrected chi connectivity index (χ1v) is 15.6. The highest BCUT2D eigenvalue weighted by Gasteiger charge is 2.21. The highest BCUT2D eigenvalue weighted by molar-refractivity contribution is 6.20. The third-order valence-corrected chi connectivity index (χ3v) is 9.70. The van der Waals surface area contributed by atoms with Crippen LogP contribution in [-0.4, -0.2) is 9.13 Å². The molecule has 0 unspecified atom stereocenters. The molecule has 11 rings (SSSR count). The van der Waals surface area contributed by atoms with Crippen molar-refractivity contribution in [2.75, 3.05) is 0 Å². The van der Waals surface area contributed by atoms with Gasteiger partial charge in [-0.2, -0.15) is 0 Å². The first-order chi connectivity index (χ1) is 22.8. The third-order valence-electron chi connectivity index (χ3n) is 9.70. The summed E-state index contributed by atoms with van der Waals surface area (Å²) in [5, 5.41) is 9.24. The summed E-state index contributed by atoms with van der Waals surface area (Å²) in [4.78, 5) is 0. The van der Waals surface area contributed by atoms with Crippen molar-refractivity contribution >= 4 is 87.5 Å². The van der Waals surface area contributed by atoms with E-state index in [0.717, 1.165) is 71.8 Å². The molecule has 0 aliphatic heterocycles. The maximum Gasteiger partial charge on any atom is 0.159 e. The van der Waals surface area contributed by atoms with Gasteiger partial charge in [-0.15, -0.1) is 0 Å². The van der Waals surface area contributed by atoms with Crippen molar-refractivity contribution in [1.82, 2.24) is 9.13 Å². The van der Waals surface area contributed by atoms with Gasteiger partial charge in [0.05, 0.1) is 27.8 Å². The minimum Gasteiger partial charge on any atom is -0.456 e. The van der Waals surface area contributed by atoms with Crippen LogP contribution < -0.4 is 0 Å². The fourth-order valence-corrected chi connectivity index (χ4v) is 7.72. The van der Waals surface area contributed by atoms with Gasteiger partial charge in [0, 0.05) is 54.8 Å². The van der Waals surface area contributed by atoms with Gasteiger partial charge >= 0.3 is 0 Å². The predicted molar refractivity (Wildman–Crippen MR) is 190 cm³/mol. The Hall–Kier alpha value is -6.26. The Balaban J connectivity index is 1.24. The lowest BCUT2D eigenvalue weighted by Crippen LogP contribution is -1.94. The van der Waals surface area contributed by atoms with Crippen LogP contribution in [0.1, 0.15) is 0 Å².